The molecule has 8 heteroatoms. The van der Waals surface area contributed by atoms with E-state index in [0.29, 0.717) is 10.0 Å². The first-order valence-electron chi connectivity index (χ1n) is 8.86. The molecule has 0 spiro atoms. The molecule has 0 aromatic heterocycles. The van der Waals surface area contributed by atoms with Crippen molar-refractivity contribution in [3.05, 3.63) is 70.7 Å². The highest BCUT2D eigenvalue weighted by atomic mass is 35.5. The lowest BCUT2D eigenvalue weighted by Gasteiger charge is -2.41. The summed E-state index contributed by atoms with van der Waals surface area (Å²) in [6.07, 6.45) is -1.06. The van der Waals surface area contributed by atoms with Crippen LogP contribution in [0, 0.1) is 0 Å². The van der Waals surface area contributed by atoms with Crippen LogP contribution in [-0.2, 0) is 4.74 Å². The fourth-order valence-corrected chi connectivity index (χ4v) is 2.76. The Morgan fingerprint density at radius 2 is 1.41 bits per heavy atom. The molecule has 0 aliphatic rings. The highest BCUT2D eigenvalue weighted by Crippen LogP contribution is 2.24. The summed E-state index contributed by atoms with van der Waals surface area (Å²) in [7, 11) is 0. The van der Waals surface area contributed by atoms with Crippen LogP contribution in [0.5, 0.6) is 0 Å². The number of imide groups is 1. The molecule has 0 saturated heterocycles. The number of hydrogen-bond acceptors (Lipinski definition) is 4. The SMILES string of the molecule is CC(Cl)OC(=O)N(C(=O)c1ccccc1)N(C(=O)c1ccc(Cl)cc1)C(C)(C)C. The van der Waals surface area contributed by atoms with Crippen LogP contribution in [0.2, 0.25) is 5.02 Å². The van der Waals surface area contributed by atoms with Crippen molar-refractivity contribution in [2.24, 2.45) is 0 Å². The van der Waals surface area contributed by atoms with E-state index in [-0.39, 0.29) is 11.1 Å². The highest BCUT2D eigenvalue weighted by molar-refractivity contribution is 6.30. The minimum Gasteiger partial charge on any atom is -0.428 e. The highest BCUT2D eigenvalue weighted by Gasteiger charge is 2.41. The Labute approximate surface area is 179 Å². The van der Waals surface area contributed by atoms with Crippen molar-refractivity contribution in [1.29, 1.82) is 0 Å². The van der Waals surface area contributed by atoms with E-state index in [9.17, 15) is 14.4 Å². The second-order valence-electron chi connectivity index (χ2n) is 7.20. The molecule has 1 unspecified atom stereocenters. The van der Waals surface area contributed by atoms with Gasteiger partial charge in [-0.05, 0) is 64.1 Å². The largest absolute Gasteiger partial charge is 0.438 e. The number of carbonyl (C=O) groups is 3. The van der Waals surface area contributed by atoms with Crippen molar-refractivity contribution < 1.29 is 19.1 Å². The van der Waals surface area contributed by atoms with Gasteiger partial charge in [0.25, 0.3) is 11.8 Å². The lowest BCUT2D eigenvalue weighted by atomic mass is 10.1. The minimum atomic E-state index is -1.06. The topological polar surface area (TPSA) is 66.9 Å². The van der Waals surface area contributed by atoms with Crippen LogP contribution >= 0.6 is 23.2 Å². The van der Waals surface area contributed by atoms with Gasteiger partial charge in [-0.2, -0.15) is 0 Å². The summed E-state index contributed by atoms with van der Waals surface area (Å²) < 4.78 is 5.05. The molecule has 2 aromatic rings. The van der Waals surface area contributed by atoms with Gasteiger partial charge in [0.15, 0.2) is 5.56 Å². The maximum atomic E-state index is 13.3. The third kappa shape index (κ3) is 5.71. The first-order chi connectivity index (χ1) is 13.5. The number of carbonyl (C=O) groups excluding carboxylic acids is 3. The van der Waals surface area contributed by atoms with Gasteiger partial charge in [-0.1, -0.05) is 41.4 Å². The van der Waals surface area contributed by atoms with Crippen molar-refractivity contribution in [2.45, 2.75) is 38.8 Å². The summed E-state index contributed by atoms with van der Waals surface area (Å²) in [5, 5.41) is 2.20. The molecule has 154 valence electrons. The number of ether oxygens (including phenoxy) is 1. The Morgan fingerprint density at radius 3 is 1.90 bits per heavy atom. The quantitative estimate of drug-likeness (QED) is 0.479. The van der Waals surface area contributed by atoms with E-state index in [1.807, 2.05) is 0 Å². The van der Waals surface area contributed by atoms with Gasteiger partial charge >= 0.3 is 6.09 Å². The summed E-state index contributed by atoms with van der Waals surface area (Å²) in [6.45, 7) is 6.53. The molecule has 0 heterocycles. The molecular formula is C21H22Cl2N2O4. The summed E-state index contributed by atoms with van der Waals surface area (Å²) in [6, 6.07) is 14.3. The maximum Gasteiger partial charge on any atom is 0.438 e. The van der Waals surface area contributed by atoms with Gasteiger partial charge in [-0.15, -0.1) is 5.01 Å². The van der Waals surface area contributed by atoms with E-state index >= 15 is 0 Å². The fourth-order valence-electron chi connectivity index (χ4n) is 2.56. The van der Waals surface area contributed by atoms with Gasteiger partial charge in [-0.25, -0.2) is 9.80 Å². The zero-order valence-corrected chi connectivity index (χ0v) is 18.1. The number of hydrogen-bond donors (Lipinski definition) is 0. The summed E-state index contributed by atoms with van der Waals surface area (Å²) >= 11 is 11.7. The van der Waals surface area contributed by atoms with Gasteiger partial charge in [-0.3, -0.25) is 9.59 Å². The molecule has 0 bridgehead atoms. The van der Waals surface area contributed by atoms with E-state index in [0.717, 1.165) is 5.01 Å². The van der Waals surface area contributed by atoms with Crippen LogP contribution in [0.4, 0.5) is 4.79 Å². The second-order valence-corrected chi connectivity index (χ2v) is 8.26. The monoisotopic (exact) mass is 436 g/mol. The first kappa shape index (κ1) is 22.7. The number of hydrazine groups is 1. The van der Waals surface area contributed by atoms with Crippen LogP contribution in [0.15, 0.2) is 54.6 Å². The van der Waals surface area contributed by atoms with Crippen LogP contribution in [0.25, 0.3) is 0 Å². The molecular weight excluding hydrogens is 415 g/mol. The fraction of sp³-hybridized carbons (Fsp3) is 0.286. The molecule has 0 aliphatic carbocycles. The normalized spacial score (nSPS) is 12.1. The first-order valence-corrected chi connectivity index (χ1v) is 9.68. The lowest BCUT2D eigenvalue weighted by molar-refractivity contribution is -0.0410. The molecule has 2 aromatic carbocycles. The molecule has 0 radical (unpaired) electrons. The molecule has 29 heavy (non-hydrogen) atoms. The number of benzene rings is 2. The maximum absolute atomic E-state index is 13.3. The average Bonchev–Trinajstić information content (AvgIpc) is 2.64. The van der Waals surface area contributed by atoms with E-state index in [1.54, 1.807) is 63.2 Å². The third-order valence-corrected chi connectivity index (χ3v) is 4.11. The van der Waals surface area contributed by atoms with Gasteiger partial charge in [0, 0.05) is 16.1 Å². The number of halogens is 2. The number of rotatable bonds is 3. The smallest absolute Gasteiger partial charge is 0.428 e. The van der Waals surface area contributed by atoms with Crippen LogP contribution in [-0.4, -0.2) is 39.0 Å². The van der Waals surface area contributed by atoms with Gasteiger partial charge in [0.2, 0.25) is 0 Å². The van der Waals surface area contributed by atoms with Crippen molar-refractivity contribution in [3.63, 3.8) is 0 Å². The van der Waals surface area contributed by atoms with Gasteiger partial charge in [0.1, 0.15) is 0 Å². The molecule has 3 amide bonds. The standard InChI is InChI=1S/C21H22Cl2N2O4/c1-14(22)29-20(28)24(18(26)15-8-6-5-7-9-15)25(21(2,3)4)19(27)16-10-12-17(23)13-11-16/h5-14H,1-4H3. The summed E-state index contributed by atoms with van der Waals surface area (Å²) in [4.78, 5) is 39.4. The predicted molar refractivity (Wildman–Crippen MR) is 112 cm³/mol. The summed E-state index contributed by atoms with van der Waals surface area (Å²) in [5.41, 5.74) is -1.48. The molecule has 1 atom stereocenters. The van der Waals surface area contributed by atoms with Crippen molar-refractivity contribution in [1.82, 2.24) is 10.0 Å². The zero-order valence-electron chi connectivity index (χ0n) is 16.6. The van der Waals surface area contributed by atoms with Crippen LogP contribution in [0.3, 0.4) is 0 Å². The molecule has 6 nitrogen and oxygen atoms in total. The number of amides is 3. The third-order valence-electron chi connectivity index (χ3n) is 3.77. The number of nitrogens with zero attached hydrogens (tertiary/aromatic N) is 2. The molecule has 2 rings (SSSR count). The van der Waals surface area contributed by atoms with Crippen molar-refractivity contribution in [3.8, 4) is 0 Å². The van der Waals surface area contributed by atoms with Crippen molar-refractivity contribution in [2.75, 3.05) is 0 Å². The Kier molecular flexibility index (Phi) is 7.27. The minimum absolute atomic E-state index is 0.213. The van der Waals surface area contributed by atoms with Gasteiger partial charge in [0.05, 0.1) is 5.54 Å². The van der Waals surface area contributed by atoms with Crippen LogP contribution < -0.4 is 0 Å². The Hall–Kier alpha value is -2.57. The van der Waals surface area contributed by atoms with E-state index in [1.165, 1.54) is 19.1 Å². The lowest BCUT2D eigenvalue weighted by Crippen LogP contribution is -2.60. The van der Waals surface area contributed by atoms with E-state index in [2.05, 4.69) is 0 Å². The molecule has 0 N–H and O–H groups in total. The van der Waals surface area contributed by atoms with Gasteiger partial charge < -0.3 is 4.74 Å². The van der Waals surface area contributed by atoms with Crippen LogP contribution in [0.1, 0.15) is 48.4 Å². The average molecular weight is 437 g/mol. The van der Waals surface area contributed by atoms with E-state index in [4.69, 9.17) is 27.9 Å². The summed E-state index contributed by atoms with van der Waals surface area (Å²) in [5.74, 6) is -1.29. The predicted octanol–water partition coefficient (Wildman–Crippen LogP) is 5.36. The Morgan fingerprint density at radius 1 is 0.897 bits per heavy atom. The molecule has 0 aliphatic heterocycles. The van der Waals surface area contributed by atoms with E-state index < -0.39 is 29.0 Å². The van der Waals surface area contributed by atoms with Crippen molar-refractivity contribution >= 4 is 41.1 Å². The Balaban J connectivity index is 2.57. The second kappa shape index (κ2) is 9.29. The molecule has 0 saturated carbocycles. The number of alkyl halides is 1. The zero-order chi connectivity index (χ0) is 21.8. The Bertz CT molecular complexity index is 878. The molecule has 0 fully saturated rings.